The lowest BCUT2D eigenvalue weighted by Crippen LogP contribution is -2.25. The Morgan fingerprint density at radius 2 is 2.00 bits per heavy atom. The van der Waals surface area contributed by atoms with Crippen LogP contribution >= 0.6 is 23.1 Å². The maximum absolute atomic E-state index is 13.7. The molecule has 10 heteroatoms. The summed E-state index contributed by atoms with van der Waals surface area (Å²) in [6, 6.07) is 6.80. The molecule has 0 unspecified atom stereocenters. The highest BCUT2D eigenvalue weighted by atomic mass is 32.2. The minimum absolute atomic E-state index is 0.135. The van der Waals surface area contributed by atoms with Gasteiger partial charge in [0.2, 0.25) is 0 Å². The van der Waals surface area contributed by atoms with E-state index in [1.54, 1.807) is 35.9 Å². The molecule has 0 saturated carbocycles. The summed E-state index contributed by atoms with van der Waals surface area (Å²) in [6.45, 7) is 1.84. The number of nitrogens with zero attached hydrogens (tertiary/aromatic N) is 4. The fraction of sp³-hybridized carbons (Fsp3) is 0.350. The van der Waals surface area contributed by atoms with Gasteiger partial charge in [0.05, 0.1) is 35.3 Å². The molecule has 0 amide bonds. The van der Waals surface area contributed by atoms with Crippen molar-refractivity contribution in [1.29, 1.82) is 0 Å². The van der Waals surface area contributed by atoms with Crippen LogP contribution < -0.4 is 5.56 Å². The number of benzene rings is 1. The van der Waals surface area contributed by atoms with Crippen LogP contribution in [0.25, 0.3) is 21.3 Å². The topological polar surface area (TPSA) is 61.9 Å². The van der Waals surface area contributed by atoms with E-state index in [0.29, 0.717) is 39.6 Å². The van der Waals surface area contributed by atoms with Gasteiger partial charge in [0.25, 0.3) is 5.56 Å². The van der Waals surface area contributed by atoms with Gasteiger partial charge in [-0.05, 0) is 31.5 Å². The highest BCUT2D eigenvalue weighted by molar-refractivity contribution is 7.98. The summed E-state index contributed by atoms with van der Waals surface area (Å²) in [5.41, 5.74) is 1.68. The van der Waals surface area contributed by atoms with Crippen molar-refractivity contribution in [3.05, 3.63) is 50.9 Å². The number of hydrogen-bond donors (Lipinski definition) is 0. The van der Waals surface area contributed by atoms with Crippen molar-refractivity contribution < 1.29 is 13.5 Å². The van der Waals surface area contributed by atoms with Gasteiger partial charge in [-0.2, -0.15) is 8.78 Å². The molecular formula is C20H20F2N4O2S2. The van der Waals surface area contributed by atoms with Gasteiger partial charge in [0.1, 0.15) is 10.7 Å². The van der Waals surface area contributed by atoms with E-state index in [0.717, 1.165) is 15.0 Å². The molecule has 0 bridgehead atoms. The van der Waals surface area contributed by atoms with Crippen molar-refractivity contribution in [3.8, 4) is 0 Å². The van der Waals surface area contributed by atoms with Gasteiger partial charge in [0.15, 0.2) is 5.16 Å². The van der Waals surface area contributed by atoms with Crippen LogP contribution in [0.2, 0.25) is 0 Å². The molecule has 0 spiro atoms. The largest absolute Gasteiger partial charge is 0.383 e. The van der Waals surface area contributed by atoms with E-state index < -0.39 is 6.55 Å². The molecule has 0 fully saturated rings. The zero-order chi connectivity index (χ0) is 21.4. The zero-order valence-corrected chi connectivity index (χ0v) is 18.3. The molecule has 30 heavy (non-hydrogen) atoms. The van der Waals surface area contributed by atoms with Crippen molar-refractivity contribution in [2.75, 3.05) is 13.7 Å². The van der Waals surface area contributed by atoms with Crippen LogP contribution in [-0.4, -0.2) is 32.8 Å². The number of hydrogen-bond acceptors (Lipinski definition) is 6. The predicted molar refractivity (Wildman–Crippen MR) is 116 cm³/mol. The Hall–Kier alpha value is -2.30. The van der Waals surface area contributed by atoms with E-state index in [2.05, 4.69) is 9.97 Å². The first-order chi connectivity index (χ1) is 14.4. The number of ether oxygens (including phenoxy) is 1. The molecule has 0 saturated heterocycles. The molecule has 0 radical (unpaired) electrons. The van der Waals surface area contributed by atoms with Crippen LogP contribution in [-0.2, 0) is 17.0 Å². The molecule has 4 rings (SSSR count). The molecule has 0 aliphatic rings. The number of aryl methyl sites for hydroxylation is 2. The molecule has 158 valence electrons. The monoisotopic (exact) mass is 450 g/mol. The minimum atomic E-state index is -2.71. The molecule has 3 heterocycles. The predicted octanol–water partition coefficient (Wildman–Crippen LogP) is 4.76. The summed E-state index contributed by atoms with van der Waals surface area (Å²) in [6.07, 6.45) is 0. The van der Waals surface area contributed by atoms with E-state index in [1.165, 1.54) is 23.1 Å². The Morgan fingerprint density at radius 3 is 2.73 bits per heavy atom. The van der Waals surface area contributed by atoms with Crippen molar-refractivity contribution in [3.63, 3.8) is 0 Å². The number of aromatic nitrogens is 4. The van der Waals surface area contributed by atoms with Gasteiger partial charge in [-0.1, -0.05) is 23.9 Å². The van der Waals surface area contributed by atoms with Gasteiger partial charge in [-0.15, -0.1) is 11.3 Å². The van der Waals surface area contributed by atoms with Crippen molar-refractivity contribution in [1.82, 2.24) is 19.1 Å². The maximum Gasteiger partial charge on any atom is 0.320 e. The van der Waals surface area contributed by atoms with E-state index in [9.17, 15) is 13.6 Å². The van der Waals surface area contributed by atoms with Crippen LogP contribution in [0.1, 0.15) is 22.8 Å². The minimum Gasteiger partial charge on any atom is -0.383 e. The zero-order valence-electron chi connectivity index (χ0n) is 16.7. The quantitative estimate of drug-likeness (QED) is 0.300. The molecule has 0 N–H and O–H groups in total. The number of alkyl halides is 2. The first kappa shape index (κ1) is 21.0. The van der Waals surface area contributed by atoms with Crippen LogP contribution in [0.5, 0.6) is 0 Å². The van der Waals surface area contributed by atoms with Gasteiger partial charge >= 0.3 is 6.55 Å². The summed E-state index contributed by atoms with van der Waals surface area (Å²) in [4.78, 5) is 23.9. The first-order valence-corrected chi connectivity index (χ1v) is 11.1. The highest BCUT2D eigenvalue weighted by Gasteiger charge is 2.20. The van der Waals surface area contributed by atoms with Gasteiger partial charge in [-0.3, -0.25) is 13.9 Å². The lowest BCUT2D eigenvalue weighted by Gasteiger charge is -2.12. The third-order valence-electron chi connectivity index (χ3n) is 4.97. The average molecular weight is 451 g/mol. The summed E-state index contributed by atoms with van der Waals surface area (Å²) < 4.78 is 35.1. The third kappa shape index (κ3) is 3.63. The molecule has 0 aliphatic heterocycles. The highest BCUT2D eigenvalue weighted by Crippen LogP contribution is 2.31. The summed E-state index contributed by atoms with van der Waals surface area (Å²) in [5, 5.41) is 1.08. The lowest BCUT2D eigenvalue weighted by atomic mass is 10.2. The number of halogens is 2. The summed E-state index contributed by atoms with van der Waals surface area (Å²) in [5.74, 6) is 0.398. The molecule has 4 aromatic rings. The van der Waals surface area contributed by atoms with Gasteiger partial charge in [-0.25, -0.2) is 9.97 Å². The molecule has 0 aliphatic carbocycles. The number of thioether (sulfide) groups is 1. The number of thiophene rings is 1. The van der Waals surface area contributed by atoms with Crippen LogP contribution in [0.15, 0.2) is 34.2 Å². The lowest BCUT2D eigenvalue weighted by molar-refractivity contribution is 0.0722. The number of rotatable bonds is 7. The Kier molecular flexibility index (Phi) is 5.90. The van der Waals surface area contributed by atoms with Crippen LogP contribution in [0, 0.1) is 13.8 Å². The Labute approximate surface area is 179 Å². The maximum atomic E-state index is 13.7. The Morgan fingerprint density at radius 1 is 1.23 bits per heavy atom. The summed E-state index contributed by atoms with van der Waals surface area (Å²) >= 11 is 2.69. The molecule has 6 nitrogen and oxygen atoms in total. The van der Waals surface area contributed by atoms with Crippen molar-refractivity contribution in [2.45, 2.75) is 37.9 Å². The number of methoxy groups -OCH3 is 1. The molecule has 3 aromatic heterocycles. The molecule has 1 aromatic carbocycles. The second-order valence-corrected chi connectivity index (χ2v) is 8.91. The molecule has 0 atom stereocenters. The summed E-state index contributed by atoms with van der Waals surface area (Å²) in [7, 11) is 1.56. The van der Waals surface area contributed by atoms with Gasteiger partial charge in [0, 0.05) is 12.0 Å². The normalized spacial score (nSPS) is 11.9. The number of fused-ring (bicyclic) bond motifs is 2. The number of imidazole rings is 1. The van der Waals surface area contributed by atoms with Crippen LogP contribution in [0.4, 0.5) is 8.78 Å². The standard InChI is InChI=1S/C20H20F2N4O2S2/c1-11-12(2)30-17-16(11)18(27)25(8-9-28-3)20(24-17)29-10-15-23-13-6-4-5-7-14(13)26(15)19(21)22/h4-7,19H,8-10H2,1-3H3. The van der Waals surface area contributed by atoms with Gasteiger partial charge < -0.3 is 4.74 Å². The number of para-hydroxylation sites is 2. The molecular weight excluding hydrogens is 430 g/mol. The first-order valence-electron chi connectivity index (χ1n) is 9.28. The average Bonchev–Trinajstić information content (AvgIpc) is 3.23. The van der Waals surface area contributed by atoms with E-state index in [-0.39, 0.29) is 17.1 Å². The SMILES string of the molecule is COCCn1c(SCc2nc3ccccc3n2C(F)F)nc2sc(C)c(C)c2c1=O. The van der Waals surface area contributed by atoms with E-state index in [1.807, 2.05) is 13.8 Å². The van der Waals surface area contributed by atoms with E-state index in [4.69, 9.17) is 4.74 Å². The fourth-order valence-electron chi connectivity index (χ4n) is 3.34. The second kappa shape index (κ2) is 8.44. The van der Waals surface area contributed by atoms with Crippen LogP contribution in [0.3, 0.4) is 0 Å². The Balaban J connectivity index is 1.76. The third-order valence-corrected chi connectivity index (χ3v) is 7.04. The fourth-order valence-corrected chi connectivity index (χ4v) is 5.37. The van der Waals surface area contributed by atoms with Crippen molar-refractivity contribution in [2.24, 2.45) is 0 Å². The second-order valence-electron chi connectivity index (χ2n) is 6.76. The van der Waals surface area contributed by atoms with Crippen molar-refractivity contribution >= 4 is 44.3 Å². The smallest absolute Gasteiger partial charge is 0.320 e. The Bertz CT molecular complexity index is 1280. The van der Waals surface area contributed by atoms with E-state index >= 15 is 0 Å².